The molecular formula is C16H14Cl2INO. The third-order valence-electron chi connectivity index (χ3n) is 3.02. The molecule has 0 saturated heterocycles. The fourth-order valence-electron chi connectivity index (χ4n) is 1.97. The molecule has 5 heteroatoms. The van der Waals surface area contributed by atoms with E-state index in [0.29, 0.717) is 29.6 Å². The highest BCUT2D eigenvalue weighted by Crippen LogP contribution is 2.21. The van der Waals surface area contributed by atoms with Crippen molar-refractivity contribution in [1.82, 2.24) is 4.90 Å². The van der Waals surface area contributed by atoms with E-state index in [2.05, 4.69) is 22.6 Å². The monoisotopic (exact) mass is 433 g/mol. The largest absolute Gasteiger partial charge is 0.333 e. The van der Waals surface area contributed by atoms with Gasteiger partial charge in [-0.05, 0) is 46.4 Å². The topological polar surface area (TPSA) is 20.3 Å². The number of alkyl halides is 1. The van der Waals surface area contributed by atoms with Crippen molar-refractivity contribution in [3.8, 4) is 0 Å². The summed E-state index contributed by atoms with van der Waals surface area (Å²) >= 11 is 14.1. The zero-order valence-corrected chi connectivity index (χ0v) is 14.9. The Labute approximate surface area is 148 Å². The summed E-state index contributed by atoms with van der Waals surface area (Å²) in [6, 6.07) is 15.2. The van der Waals surface area contributed by atoms with E-state index in [1.807, 2.05) is 36.4 Å². The maximum atomic E-state index is 12.6. The minimum absolute atomic E-state index is 0.0576. The van der Waals surface area contributed by atoms with Crippen molar-refractivity contribution in [3.63, 3.8) is 0 Å². The number of hydrogen-bond acceptors (Lipinski definition) is 1. The lowest BCUT2D eigenvalue weighted by Gasteiger charge is -2.22. The first-order valence-corrected chi connectivity index (χ1v) is 8.45. The van der Waals surface area contributed by atoms with Gasteiger partial charge in [-0.15, -0.1) is 11.6 Å². The molecule has 110 valence electrons. The molecule has 0 N–H and O–H groups in total. The van der Waals surface area contributed by atoms with Gasteiger partial charge in [0.05, 0.1) is 5.02 Å². The molecule has 0 aliphatic rings. The average molecular weight is 434 g/mol. The van der Waals surface area contributed by atoms with Crippen LogP contribution in [-0.2, 0) is 6.54 Å². The molecule has 2 rings (SSSR count). The molecule has 0 heterocycles. The Hall–Kier alpha value is -0.780. The molecule has 0 spiro atoms. The fraction of sp³-hybridized carbons (Fsp3) is 0.188. The second-order valence-corrected chi connectivity index (χ2v) is 6.48. The van der Waals surface area contributed by atoms with Crippen LogP contribution in [0.15, 0.2) is 48.5 Å². The van der Waals surface area contributed by atoms with E-state index in [-0.39, 0.29) is 5.91 Å². The molecule has 0 fully saturated rings. The smallest absolute Gasteiger partial charge is 0.254 e. The van der Waals surface area contributed by atoms with Crippen LogP contribution >= 0.6 is 45.8 Å². The van der Waals surface area contributed by atoms with Gasteiger partial charge in [0.15, 0.2) is 0 Å². The van der Waals surface area contributed by atoms with E-state index in [0.717, 1.165) is 9.13 Å². The summed E-state index contributed by atoms with van der Waals surface area (Å²) in [4.78, 5) is 14.3. The molecule has 21 heavy (non-hydrogen) atoms. The minimum Gasteiger partial charge on any atom is -0.333 e. The summed E-state index contributed by atoms with van der Waals surface area (Å²) in [5.74, 6) is 0.342. The van der Waals surface area contributed by atoms with Crippen molar-refractivity contribution in [2.75, 3.05) is 12.4 Å². The molecular weight excluding hydrogens is 420 g/mol. The Morgan fingerprint density at radius 3 is 2.48 bits per heavy atom. The van der Waals surface area contributed by atoms with E-state index in [9.17, 15) is 4.79 Å². The molecule has 1 amide bonds. The molecule has 2 aromatic carbocycles. The summed E-state index contributed by atoms with van der Waals surface area (Å²) in [7, 11) is 0. The van der Waals surface area contributed by atoms with Crippen LogP contribution in [0.25, 0.3) is 0 Å². The zero-order chi connectivity index (χ0) is 15.2. The van der Waals surface area contributed by atoms with Crippen LogP contribution < -0.4 is 0 Å². The Morgan fingerprint density at radius 1 is 1.14 bits per heavy atom. The van der Waals surface area contributed by atoms with E-state index < -0.39 is 0 Å². The molecule has 0 aliphatic carbocycles. The normalized spacial score (nSPS) is 10.4. The molecule has 0 aliphatic heterocycles. The van der Waals surface area contributed by atoms with Crippen molar-refractivity contribution in [3.05, 3.63) is 68.3 Å². The first-order valence-electron chi connectivity index (χ1n) is 6.46. The van der Waals surface area contributed by atoms with Gasteiger partial charge >= 0.3 is 0 Å². The predicted octanol–water partition coefficient (Wildman–Crippen LogP) is 4.83. The third-order valence-corrected chi connectivity index (χ3v) is 4.77. The second-order valence-electron chi connectivity index (χ2n) is 4.53. The Balaban J connectivity index is 2.20. The molecule has 2 aromatic rings. The minimum atomic E-state index is -0.0576. The Bertz CT molecular complexity index is 619. The molecule has 0 unspecified atom stereocenters. The molecule has 2 nitrogen and oxygen atoms in total. The highest BCUT2D eigenvalue weighted by atomic mass is 127. The van der Waals surface area contributed by atoms with Crippen molar-refractivity contribution in [2.24, 2.45) is 0 Å². The van der Waals surface area contributed by atoms with Gasteiger partial charge in [0.1, 0.15) is 0 Å². The molecule has 0 radical (unpaired) electrons. The van der Waals surface area contributed by atoms with Gasteiger partial charge in [0.25, 0.3) is 5.91 Å². The summed E-state index contributed by atoms with van der Waals surface area (Å²) in [5, 5.41) is 0.590. The summed E-state index contributed by atoms with van der Waals surface area (Å²) < 4.78 is 0.928. The maximum Gasteiger partial charge on any atom is 0.254 e. The van der Waals surface area contributed by atoms with Crippen LogP contribution in [0.3, 0.4) is 0 Å². The first-order chi connectivity index (χ1) is 10.1. The number of nitrogens with zero attached hydrogens (tertiary/aromatic N) is 1. The van der Waals surface area contributed by atoms with Crippen molar-refractivity contribution in [2.45, 2.75) is 6.54 Å². The molecule has 0 atom stereocenters. The van der Waals surface area contributed by atoms with E-state index in [1.165, 1.54) is 0 Å². The van der Waals surface area contributed by atoms with Crippen LogP contribution in [0, 0.1) is 3.57 Å². The second kappa shape index (κ2) is 8.01. The van der Waals surface area contributed by atoms with Crippen molar-refractivity contribution >= 4 is 51.7 Å². The van der Waals surface area contributed by atoms with Gasteiger partial charge in [0.2, 0.25) is 0 Å². The van der Waals surface area contributed by atoms with E-state index in [4.69, 9.17) is 23.2 Å². The van der Waals surface area contributed by atoms with E-state index in [1.54, 1.807) is 17.0 Å². The molecule has 0 saturated carbocycles. The first kappa shape index (κ1) is 16.6. The Morgan fingerprint density at radius 2 is 1.86 bits per heavy atom. The van der Waals surface area contributed by atoms with Crippen LogP contribution in [0.4, 0.5) is 0 Å². The van der Waals surface area contributed by atoms with Gasteiger partial charge in [-0.1, -0.05) is 41.9 Å². The van der Waals surface area contributed by atoms with Crippen LogP contribution in [0.5, 0.6) is 0 Å². The predicted molar refractivity (Wildman–Crippen MR) is 96.1 cm³/mol. The standard InChI is InChI=1S/C16H14Cl2INO/c17-8-9-20(11-12-4-2-1-3-5-12)16(21)13-6-7-15(19)14(18)10-13/h1-7,10H,8-9,11H2. The lowest BCUT2D eigenvalue weighted by Crippen LogP contribution is -2.32. The highest BCUT2D eigenvalue weighted by molar-refractivity contribution is 14.1. The fourth-order valence-corrected chi connectivity index (χ4v) is 2.69. The number of carbonyl (C=O) groups is 1. The van der Waals surface area contributed by atoms with Crippen LogP contribution in [-0.4, -0.2) is 23.2 Å². The highest BCUT2D eigenvalue weighted by Gasteiger charge is 2.16. The molecule has 0 bridgehead atoms. The number of hydrogen-bond donors (Lipinski definition) is 0. The number of benzene rings is 2. The lowest BCUT2D eigenvalue weighted by atomic mass is 10.1. The Kier molecular flexibility index (Phi) is 6.33. The van der Waals surface area contributed by atoms with E-state index >= 15 is 0 Å². The van der Waals surface area contributed by atoms with Gasteiger partial charge < -0.3 is 4.90 Å². The summed E-state index contributed by atoms with van der Waals surface area (Å²) in [5.41, 5.74) is 1.66. The summed E-state index contributed by atoms with van der Waals surface area (Å²) in [6.45, 7) is 1.04. The van der Waals surface area contributed by atoms with Crippen molar-refractivity contribution in [1.29, 1.82) is 0 Å². The number of amides is 1. The number of rotatable bonds is 5. The van der Waals surface area contributed by atoms with Crippen molar-refractivity contribution < 1.29 is 4.79 Å². The number of carbonyl (C=O) groups excluding carboxylic acids is 1. The van der Waals surface area contributed by atoms with Gasteiger partial charge in [-0.25, -0.2) is 0 Å². The number of halogens is 3. The van der Waals surface area contributed by atoms with Gasteiger partial charge in [0, 0.05) is 28.1 Å². The zero-order valence-electron chi connectivity index (χ0n) is 11.2. The summed E-state index contributed by atoms with van der Waals surface area (Å²) in [6.07, 6.45) is 0. The SMILES string of the molecule is O=C(c1ccc(I)c(Cl)c1)N(CCCl)Cc1ccccc1. The lowest BCUT2D eigenvalue weighted by molar-refractivity contribution is 0.0753. The quantitative estimate of drug-likeness (QED) is 0.488. The average Bonchev–Trinajstić information content (AvgIpc) is 2.50. The van der Waals surface area contributed by atoms with Gasteiger partial charge in [-0.2, -0.15) is 0 Å². The third kappa shape index (κ3) is 4.59. The maximum absolute atomic E-state index is 12.6. The van der Waals surface area contributed by atoms with Crippen LogP contribution in [0.1, 0.15) is 15.9 Å². The molecule has 0 aromatic heterocycles. The van der Waals surface area contributed by atoms with Crippen LogP contribution in [0.2, 0.25) is 5.02 Å². The van der Waals surface area contributed by atoms with Gasteiger partial charge in [-0.3, -0.25) is 4.79 Å².